The number of hydrogen-bond donors (Lipinski definition) is 1. The second kappa shape index (κ2) is 12.2. The van der Waals surface area contributed by atoms with E-state index in [0.29, 0.717) is 30.3 Å². The highest BCUT2D eigenvalue weighted by atomic mass is 35.5. The monoisotopic (exact) mass is 678 g/mol. The normalized spacial score (nSPS) is 23.9. The molecule has 5 heterocycles. The van der Waals surface area contributed by atoms with Crippen molar-refractivity contribution in [2.45, 2.75) is 82.4 Å². The largest absolute Gasteiger partial charge is 0.489 e. The van der Waals surface area contributed by atoms with E-state index in [9.17, 15) is 5.26 Å². The highest BCUT2D eigenvalue weighted by Crippen LogP contribution is 2.51. The molecule has 2 bridgehead atoms. The molecule has 246 valence electrons. The maximum absolute atomic E-state index is 17.3. The summed E-state index contributed by atoms with van der Waals surface area (Å²) in [6.07, 6.45) is 10.7. The Balaban J connectivity index is 1.39. The molecule has 2 aromatic carbocycles. The third-order valence-corrected chi connectivity index (χ3v) is 12.2. The third-order valence-electron chi connectivity index (χ3n) is 10.8. The molecule has 12 heteroatoms. The molecule has 3 atom stereocenters. The number of nitrogens with two attached hydrogens (primary N) is 1. The number of nitriles is 1. The number of nitrogens with zero attached hydrogens (tertiary/aromatic N) is 5. The van der Waals surface area contributed by atoms with Crippen LogP contribution in [0.1, 0.15) is 69.8 Å². The average molecular weight is 679 g/mol. The van der Waals surface area contributed by atoms with E-state index in [1.807, 2.05) is 0 Å². The van der Waals surface area contributed by atoms with Crippen LogP contribution in [0.2, 0.25) is 5.02 Å². The van der Waals surface area contributed by atoms with Gasteiger partial charge in [0.05, 0.1) is 27.2 Å². The molecule has 47 heavy (non-hydrogen) atoms. The molecule has 4 aliphatic rings. The lowest BCUT2D eigenvalue weighted by Crippen LogP contribution is -2.45. The van der Waals surface area contributed by atoms with Gasteiger partial charge < -0.3 is 20.1 Å². The number of thiophene rings is 1. The summed E-state index contributed by atoms with van der Waals surface area (Å²) in [7, 11) is 2.13. The van der Waals surface area contributed by atoms with E-state index >= 15 is 8.78 Å². The predicted octanol–water partition coefficient (Wildman–Crippen LogP) is 8.07. The number of fused-ring (bicyclic) bond motifs is 2. The topological polar surface area (TPSA) is 101 Å². The number of nitrogen functional groups attached to an aromatic ring is 1. The zero-order chi connectivity index (χ0) is 32.4. The lowest BCUT2D eigenvalue weighted by Gasteiger charge is -2.42. The molecule has 1 saturated heterocycles. The number of rotatable bonds is 3. The SMILES string of the molecule is CN1CCC[C@H]1C1CCCCCC(C2CCC2)N2CCOc3c(Cl)c(-c4ccc(F)c5sc(N)c(C#N)c45)c(F)c4nc(nc2c34)O1. The number of ether oxygens (including phenoxy) is 2. The fourth-order valence-electron chi connectivity index (χ4n) is 8.27. The molecule has 1 saturated carbocycles. The summed E-state index contributed by atoms with van der Waals surface area (Å²) in [4.78, 5) is 14.5. The van der Waals surface area contributed by atoms with Gasteiger partial charge in [-0.15, -0.1) is 11.3 Å². The van der Waals surface area contributed by atoms with Crippen LogP contribution in [0, 0.1) is 28.9 Å². The average Bonchev–Trinajstić information content (AvgIpc) is 3.55. The Hall–Kier alpha value is -3.46. The lowest BCUT2D eigenvalue weighted by atomic mass is 9.77. The van der Waals surface area contributed by atoms with Gasteiger partial charge in [-0.1, -0.05) is 36.9 Å². The molecule has 8 nitrogen and oxygen atoms in total. The maximum atomic E-state index is 17.3. The van der Waals surface area contributed by atoms with Crippen molar-refractivity contribution in [1.82, 2.24) is 14.9 Å². The summed E-state index contributed by atoms with van der Waals surface area (Å²) in [6.45, 7) is 1.88. The van der Waals surface area contributed by atoms with Gasteiger partial charge in [0.1, 0.15) is 40.9 Å². The van der Waals surface area contributed by atoms with E-state index in [1.54, 1.807) is 0 Å². The van der Waals surface area contributed by atoms with Crippen LogP contribution < -0.4 is 20.1 Å². The Bertz CT molecular complexity index is 1930. The van der Waals surface area contributed by atoms with Gasteiger partial charge in [-0.05, 0) is 76.1 Å². The van der Waals surface area contributed by atoms with Crippen molar-refractivity contribution in [3.63, 3.8) is 0 Å². The first-order valence-corrected chi connectivity index (χ1v) is 17.9. The van der Waals surface area contributed by atoms with Crippen LogP contribution in [0.15, 0.2) is 12.1 Å². The van der Waals surface area contributed by atoms with Crippen molar-refractivity contribution in [3.8, 4) is 29.0 Å². The number of hydrogen-bond acceptors (Lipinski definition) is 9. The highest BCUT2D eigenvalue weighted by Gasteiger charge is 2.39. The van der Waals surface area contributed by atoms with Crippen LogP contribution in [0.4, 0.5) is 19.6 Å². The Labute approximate surface area is 281 Å². The van der Waals surface area contributed by atoms with Crippen molar-refractivity contribution < 1.29 is 18.3 Å². The molecule has 0 radical (unpaired) electrons. The number of benzene rings is 2. The summed E-state index contributed by atoms with van der Waals surface area (Å²) in [6, 6.07) is 5.36. The van der Waals surface area contributed by atoms with Crippen LogP contribution in [-0.2, 0) is 0 Å². The van der Waals surface area contributed by atoms with E-state index in [2.05, 4.69) is 22.9 Å². The number of anilines is 2. The van der Waals surface area contributed by atoms with Crippen molar-refractivity contribution in [3.05, 3.63) is 34.4 Å². The minimum absolute atomic E-state index is 0.0127. The molecule has 3 aliphatic heterocycles. The van der Waals surface area contributed by atoms with Crippen LogP contribution in [0.5, 0.6) is 11.8 Å². The predicted molar refractivity (Wildman–Crippen MR) is 182 cm³/mol. The zero-order valence-corrected chi connectivity index (χ0v) is 27.9. The van der Waals surface area contributed by atoms with Gasteiger partial charge >= 0.3 is 6.01 Å². The highest BCUT2D eigenvalue weighted by molar-refractivity contribution is 7.23. The van der Waals surface area contributed by atoms with Crippen LogP contribution in [0.25, 0.3) is 32.1 Å². The van der Waals surface area contributed by atoms with Gasteiger partial charge in [0.25, 0.3) is 0 Å². The van der Waals surface area contributed by atoms with Gasteiger partial charge in [-0.3, -0.25) is 4.90 Å². The first-order valence-electron chi connectivity index (χ1n) is 16.8. The minimum atomic E-state index is -0.698. The molecule has 2 N–H and O–H groups in total. The molecule has 2 fully saturated rings. The van der Waals surface area contributed by atoms with Crippen molar-refractivity contribution in [2.24, 2.45) is 5.92 Å². The van der Waals surface area contributed by atoms with Crippen molar-refractivity contribution >= 4 is 54.7 Å². The molecular weight excluding hydrogens is 642 g/mol. The van der Waals surface area contributed by atoms with E-state index in [0.717, 1.165) is 75.7 Å². The first kappa shape index (κ1) is 30.8. The molecule has 8 rings (SSSR count). The van der Waals surface area contributed by atoms with Gasteiger partial charge in [-0.25, -0.2) is 8.78 Å². The summed E-state index contributed by atoms with van der Waals surface area (Å²) < 4.78 is 45.6. The van der Waals surface area contributed by atoms with E-state index in [-0.39, 0.29) is 72.3 Å². The molecular formula is C35H37ClF2N6O2S. The Kier molecular flexibility index (Phi) is 8.01. The van der Waals surface area contributed by atoms with Crippen LogP contribution >= 0.6 is 22.9 Å². The second-order valence-electron chi connectivity index (χ2n) is 13.4. The van der Waals surface area contributed by atoms with Crippen molar-refractivity contribution in [2.75, 3.05) is 37.4 Å². The number of halogens is 3. The molecule has 2 unspecified atom stereocenters. The summed E-state index contributed by atoms with van der Waals surface area (Å²) in [5.41, 5.74) is 6.50. The quantitative estimate of drug-likeness (QED) is 0.232. The smallest absolute Gasteiger partial charge is 0.319 e. The van der Waals surface area contributed by atoms with Crippen molar-refractivity contribution in [1.29, 1.82) is 5.26 Å². The fraction of sp³-hybridized carbons (Fsp3) is 0.514. The number of likely N-dealkylation sites (N-methyl/N-ethyl adjacent to an activating group) is 1. The molecule has 0 spiro atoms. The summed E-state index contributed by atoms with van der Waals surface area (Å²) >= 11 is 8.07. The van der Waals surface area contributed by atoms with Gasteiger partial charge in [0, 0.05) is 23.0 Å². The van der Waals surface area contributed by atoms with E-state index < -0.39 is 11.6 Å². The molecule has 0 amide bonds. The molecule has 4 aromatic rings. The standard InChI is InChI=1S/C35H37ClF2N6O2S/c1-43-14-6-10-23(43)24-11-4-2-3-9-22(18-7-5-8-18)44-15-16-45-31-27-30(41-35(46-24)42-34(27)44)29(38)26(28(31)36)19-12-13-21(37)32-25(19)20(17-39)33(40)47-32/h12-13,18,22-24H,2-11,14-16,40H2,1H3/t22?,23-,24?/m0/s1. The zero-order valence-electron chi connectivity index (χ0n) is 26.3. The van der Waals surface area contributed by atoms with E-state index in [1.165, 1.54) is 18.6 Å². The Morgan fingerprint density at radius 2 is 1.81 bits per heavy atom. The molecule has 1 aliphatic carbocycles. The van der Waals surface area contributed by atoms with Gasteiger partial charge in [0.15, 0.2) is 11.6 Å². The van der Waals surface area contributed by atoms with Gasteiger partial charge in [0.2, 0.25) is 0 Å². The van der Waals surface area contributed by atoms with Crippen LogP contribution in [-0.4, -0.2) is 59.8 Å². The van der Waals surface area contributed by atoms with E-state index in [4.69, 9.17) is 36.8 Å². The Morgan fingerprint density at radius 1 is 1.00 bits per heavy atom. The Morgan fingerprint density at radius 3 is 2.55 bits per heavy atom. The summed E-state index contributed by atoms with van der Waals surface area (Å²) in [5, 5.41) is 10.8. The number of aromatic nitrogens is 2. The number of likely N-dealkylation sites (tertiary alicyclic amines) is 1. The summed E-state index contributed by atoms with van der Waals surface area (Å²) in [5.74, 6) is 0.150. The first-order chi connectivity index (χ1) is 22.9. The molecule has 2 aromatic heterocycles. The third kappa shape index (κ3) is 5.06. The van der Waals surface area contributed by atoms with Gasteiger partial charge in [-0.2, -0.15) is 15.2 Å². The van der Waals surface area contributed by atoms with Crippen LogP contribution in [0.3, 0.4) is 0 Å². The second-order valence-corrected chi connectivity index (χ2v) is 14.9. The maximum Gasteiger partial charge on any atom is 0.319 e. The lowest BCUT2D eigenvalue weighted by molar-refractivity contribution is 0.0878. The fourth-order valence-corrected chi connectivity index (χ4v) is 9.55. The minimum Gasteiger partial charge on any atom is -0.489 e.